The number of amides is 2. The average Bonchev–Trinajstić information content (AvgIpc) is 2.77. The van der Waals surface area contributed by atoms with Crippen molar-refractivity contribution in [2.24, 2.45) is 5.10 Å². The molecule has 7 nitrogen and oxygen atoms in total. The molecule has 3 aromatic rings. The van der Waals surface area contributed by atoms with Gasteiger partial charge in [0.15, 0.2) is 0 Å². The van der Waals surface area contributed by atoms with Gasteiger partial charge in [-0.3, -0.25) is 14.6 Å². The van der Waals surface area contributed by atoms with E-state index in [2.05, 4.69) is 20.8 Å². The van der Waals surface area contributed by atoms with Crippen LogP contribution in [0.4, 0.5) is 0 Å². The molecule has 29 heavy (non-hydrogen) atoms. The number of ether oxygens (including phenoxy) is 1. The minimum atomic E-state index is -0.841. The fraction of sp³-hybridized carbons (Fsp3) is 0.0909. The molecule has 1 aromatic heterocycles. The molecular weight excluding hydrogens is 368 g/mol. The number of nitrogens with zero attached hydrogens (tertiary/aromatic N) is 2. The second-order valence-electron chi connectivity index (χ2n) is 6.08. The molecule has 0 unspecified atom stereocenters. The van der Waals surface area contributed by atoms with E-state index in [1.807, 2.05) is 48.5 Å². The largest absolute Gasteiger partial charge is 0.489 e. The molecule has 3 rings (SSSR count). The number of hydrogen-bond acceptors (Lipinski definition) is 5. The fourth-order valence-corrected chi connectivity index (χ4v) is 2.41. The van der Waals surface area contributed by atoms with Gasteiger partial charge in [-0.1, -0.05) is 42.5 Å². The third-order valence-corrected chi connectivity index (χ3v) is 3.89. The normalized spacial score (nSPS) is 10.5. The molecule has 146 valence electrons. The van der Waals surface area contributed by atoms with Crippen molar-refractivity contribution in [1.82, 2.24) is 15.7 Å². The Morgan fingerprint density at radius 2 is 1.72 bits per heavy atom. The number of nitrogens with one attached hydrogen (secondary N) is 2. The average molecular weight is 388 g/mol. The van der Waals surface area contributed by atoms with E-state index in [1.165, 1.54) is 6.21 Å². The number of hydrazone groups is 1. The minimum Gasteiger partial charge on any atom is -0.489 e. The molecule has 0 spiro atoms. The first kappa shape index (κ1) is 19.8. The van der Waals surface area contributed by atoms with Crippen molar-refractivity contribution in [2.45, 2.75) is 13.2 Å². The van der Waals surface area contributed by atoms with Crippen LogP contribution in [0, 0.1) is 0 Å². The van der Waals surface area contributed by atoms with Crippen LogP contribution in [0.5, 0.6) is 5.75 Å². The first-order chi connectivity index (χ1) is 14.2. The number of benzene rings is 2. The topological polar surface area (TPSA) is 92.7 Å². The third kappa shape index (κ3) is 6.59. The van der Waals surface area contributed by atoms with Crippen LogP contribution in [0.1, 0.15) is 16.7 Å². The summed E-state index contributed by atoms with van der Waals surface area (Å²) in [6, 6.07) is 20.6. The first-order valence-electron chi connectivity index (χ1n) is 8.97. The van der Waals surface area contributed by atoms with Crippen LogP contribution in [0.2, 0.25) is 0 Å². The predicted octanol–water partition coefficient (Wildman–Crippen LogP) is 2.43. The molecule has 0 fully saturated rings. The third-order valence-electron chi connectivity index (χ3n) is 3.89. The molecule has 7 heteroatoms. The molecule has 2 N–H and O–H groups in total. The molecule has 0 aliphatic carbocycles. The van der Waals surface area contributed by atoms with Gasteiger partial charge in [0, 0.05) is 18.9 Å². The van der Waals surface area contributed by atoms with Gasteiger partial charge in [-0.25, -0.2) is 5.43 Å². The molecule has 0 aliphatic heterocycles. The highest BCUT2D eigenvalue weighted by Crippen LogP contribution is 2.14. The highest BCUT2D eigenvalue weighted by Gasteiger charge is 2.11. The number of carbonyl (C=O) groups is 2. The van der Waals surface area contributed by atoms with Gasteiger partial charge >= 0.3 is 11.8 Å². The van der Waals surface area contributed by atoms with Crippen molar-refractivity contribution in [3.05, 3.63) is 95.8 Å². The smallest absolute Gasteiger partial charge is 0.329 e. The van der Waals surface area contributed by atoms with Crippen LogP contribution in [0.25, 0.3) is 0 Å². The van der Waals surface area contributed by atoms with E-state index in [0.29, 0.717) is 12.4 Å². The van der Waals surface area contributed by atoms with Crippen LogP contribution in [-0.4, -0.2) is 23.0 Å². The van der Waals surface area contributed by atoms with Crippen LogP contribution < -0.4 is 15.5 Å². The van der Waals surface area contributed by atoms with Gasteiger partial charge in [0.05, 0.1) is 6.21 Å². The molecule has 0 atom stereocenters. The summed E-state index contributed by atoms with van der Waals surface area (Å²) in [5.41, 5.74) is 4.85. The molecule has 0 radical (unpaired) electrons. The maximum atomic E-state index is 11.8. The van der Waals surface area contributed by atoms with E-state index in [9.17, 15) is 9.59 Å². The highest BCUT2D eigenvalue weighted by molar-refractivity contribution is 6.35. The number of hydrogen-bond donors (Lipinski definition) is 2. The molecule has 0 bridgehead atoms. The van der Waals surface area contributed by atoms with Gasteiger partial charge in [-0.05, 0) is 41.0 Å². The fourth-order valence-electron chi connectivity index (χ4n) is 2.41. The zero-order valence-electron chi connectivity index (χ0n) is 15.6. The summed E-state index contributed by atoms with van der Waals surface area (Å²) < 4.78 is 5.75. The lowest BCUT2D eigenvalue weighted by Gasteiger charge is -2.06. The molecule has 1 heterocycles. The zero-order valence-corrected chi connectivity index (χ0v) is 15.6. The number of rotatable bonds is 7. The Hall–Kier alpha value is -4.00. The predicted molar refractivity (Wildman–Crippen MR) is 109 cm³/mol. The molecule has 0 saturated heterocycles. The zero-order chi connectivity index (χ0) is 20.3. The Labute approximate surface area is 168 Å². The standard InChI is InChI=1S/C22H20N4O3/c27-21(24-14-17-9-11-23-12-10-17)22(28)26-25-15-19-7-4-8-20(13-19)29-16-18-5-2-1-3-6-18/h1-13,15H,14,16H2,(H,24,27)(H,26,28)/b25-15-. The number of carbonyl (C=O) groups excluding carboxylic acids is 2. The molecule has 2 amide bonds. The van der Waals surface area contributed by atoms with Crippen molar-refractivity contribution in [3.8, 4) is 5.75 Å². The lowest BCUT2D eigenvalue weighted by molar-refractivity contribution is -0.139. The van der Waals surface area contributed by atoms with E-state index in [4.69, 9.17) is 4.74 Å². The Morgan fingerprint density at radius 1 is 0.931 bits per heavy atom. The van der Waals surface area contributed by atoms with Crippen molar-refractivity contribution in [2.75, 3.05) is 0 Å². The lowest BCUT2D eigenvalue weighted by Crippen LogP contribution is -2.37. The Balaban J connectivity index is 1.46. The Morgan fingerprint density at radius 3 is 2.52 bits per heavy atom. The number of aromatic nitrogens is 1. The van der Waals surface area contributed by atoms with Gasteiger partial charge in [-0.2, -0.15) is 5.10 Å². The van der Waals surface area contributed by atoms with Crippen molar-refractivity contribution >= 4 is 18.0 Å². The van der Waals surface area contributed by atoms with Gasteiger partial charge in [0.1, 0.15) is 12.4 Å². The van der Waals surface area contributed by atoms with E-state index >= 15 is 0 Å². The molecule has 0 saturated carbocycles. The maximum absolute atomic E-state index is 11.8. The Kier molecular flexibility index (Phi) is 7.06. The van der Waals surface area contributed by atoms with Crippen molar-refractivity contribution < 1.29 is 14.3 Å². The first-order valence-corrected chi connectivity index (χ1v) is 8.97. The molecular formula is C22H20N4O3. The summed E-state index contributed by atoms with van der Waals surface area (Å²) in [6.45, 7) is 0.690. The lowest BCUT2D eigenvalue weighted by atomic mass is 10.2. The highest BCUT2D eigenvalue weighted by atomic mass is 16.5. The summed E-state index contributed by atoms with van der Waals surface area (Å²) in [5.74, 6) is -0.926. The van der Waals surface area contributed by atoms with Gasteiger partial charge < -0.3 is 10.1 Å². The molecule has 0 aliphatic rings. The monoisotopic (exact) mass is 388 g/mol. The summed E-state index contributed by atoms with van der Waals surface area (Å²) in [7, 11) is 0. The quantitative estimate of drug-likeness (QED) is 0.369. The second kappa shape index (κ2) is 10.4. The van der Waals surface area contributed by atoms with Crippen LogP contribution in [-0.2, 0) is 22.7 Å². The second-order valence-corrected chi connectivity index (χ2v) is 6.08. The summed E-state index contributed by atoms with van der Waals surface area (Å²) >= 11 is 0. The van der Waals surface area contributed by atoms with Crippen molar-refractivity contribution in [3.63, 3.8) is 0 Å². The van der Waals surface area contributed by atoms with Crippen molar-refractivity contribution in [1.29, 1.82) is 0 Å². The van der Waals surface area contributed by atoms with Gasteiger partial charge in [0.25, 0.3) is 0 Å². The van der Waals surface area contributed by atoms with Gasteiger partial charge in [-0.15, -0.1) is 0 Å². The minimum absolute atomic E-state index is 0.235. The maximum Gasteiger partial charge on any atom is 0.329 e. The molecule has 2 aromatic carbocycles. The van der Waals surface area contributed by atoms with E-state index in [1.54, 1.807) is 30.6 Å². The summed E-state index contributed by atoms with van der Waals surface area (Å²) in [4.78, 5) is 27.5. The summed E-state index contributed by atoms with van der Waals surface area (Å²) in [6.07, 6.45) is 4.68. The SMILES string of the molecule is O=C(NCc1ccncc1)C(=O)N/N=C\c1cccc(OCc2ccccc2)c1. The Bertz CT molecular complexity index is 976. The van der Waals surface area contributed by atoms with E-state index in [0.717, 1.165) is 16.7 Å². The van der Waals surface area contributed by atoms with E-state index in [-0.39, 0.29) is 6.54 Å². The van der Waals surface area contributed by atoms with Gasteiger partial charge in [0.2, 0.25) is 0 Å². The van der Waals surface area contributed by atoms with Crippen LogP contribution >= 0.6 is 0 Å². The van der Waals surface area contributed by atoms with Crippen LogP contribution in [0.15, 0.2) is 84.2 Å². The number of pyridine rings is 1. The van der Waals surface area contributed by atoms with Crippen LogP contribution in [0.3, 0.4) is 0 Å². The summed E-state index contributed by atoms with van der Waals surface area (Å²) in [5, 5.41) is 6.34. The van der Waals surface area contributed by atoms with E-state index < -0.39 is 11.8 Å².